The maximum atomic E-state index is 12.7. The van der Waals surface area contributed by atoms with Gasteiger partial charge >= 0.3 is 0 Å². The van der Waals surface area contributed by atoms with Crippen molar-refractivity contribution in [3.05, 3.63) is 71.9 Å². The number of carbonyl (C=O) groups excluding carboxylic acids is 1. The Balaban J connectivity index is 2.06. The molecule has 0 fully saturated rings. The fraction of sp³-hybridized carbons (Fsp3) is 0.111. The summed E-state index contributed by atoms with van der Waals surface area (Å²) in [6, 6.07) is 16.7. The molecule has 0 amide bonds. The zero-order valence-electron chi connectivity index (χ0n) is 11.7. The molecule has 3 aromatic rings. The van der Waals surface area contributed by atoms with Crippen LogP contribution in [0, 0.1) is 0 Å². The van der Waals surface area contributed by atoms with Crippen LogP contribution in [0.15, 0.2) is 60.8 Å². The van der Waals surface area contributed by atoms with E-state index in [2.05, 4.69) is 4.98 Å². The van der Waals surface area contributed by atoms with Crippen molar-refractivity contribution in [2.45, 2.75) is 6.92 Å². The Morgan fingerprint density at radius 1 is 1.10 bits per heavy atom. The zero-order valence-corrected chi connectivity index (χ0v) is 11.7. The molecular formula is C18H15NO2. The number of fused-ring (bicyclic) bond motifs is 1. The molecule has 0 aliphatic carbocycles. The number of aromatic nitrogens is 1. The third kappa shape index (κ3) is 2.63. The molecule has 0 aliphatic rings. The molecule has 0 saturated heterocycles. The van der Waals surface area contributed by atoms with Crippen molar-refractivity contribution in [2.24, 2.45) is 0 Å². The van der Waals surface area contributed by atoms with Gasteiger partial charge in [0.05, 0.1) is 12.1 Å². The summed E-state index contributed by atoms with van der Waals surface area (Å²) >= 11 is 0. The minimum atomic E-state index is -0.0409. The van der Waals surface area contributed by atoms with E-state index in [1.165, 1.54) is 0 Å². The highest BCUT2D eigenvalue weighted by Crippen LogP contribution is 2.21. The average molecular weight is 277 g/mol. The van der Waals surface area contributed by atoms with Gasteiger partial charge in [-0.05, 0) is 31.2 Å². The Kier molecular flexibility index (Phi) is 3.65. The summed E-state index contributed by atoms with van der Waals surface area (Å²) in [5.74, 6) is 0.664. The Hall–Kier alpha value is -2.68. The van der Waals surface area contributed by atoms with Crippen LogP contribution in [0.3, 0.4) is 0 Å². The summed E-state index contributed by atoms with van der Waals surface area (Å²) in [6.07, 6.45) is 1.70. The Morgan fingerprint density at radius 2 is 1.90 bits per heavy atom. The van der Waals surface area contributed by atoms with Crippen LogP contribution in [0.2, 0.25) is 0 Å². The highest BCUT2D eigenvalue weighted by molar-refractivity contribution is 6.15. The van der Waals surface area contributed by atoms with Crippen molar-refractivity contribution in [1.82, 2.24) is 4.98 Å². The van der Waals surface area contributed by atoms with E-state index in [0.29, 0.717) is 23.5 Å². The van der Waals surface area contributed by atoms with Crippen LogP contribution in [0.4, 0.5) is 0 Å². The van der Waals surface area contributed by atoms with Crippen LogP contribution >= 0.6 is 0 Å². The third-order valence-electron chi connectivity index (χ3n) is 3.28. The smallest absolute Gasteiger partial charge is 0.195 e. The van der Waals surface area contributed by atoms with Gasteiger partial charge in [-0.25, -0.2) is 0 Å². The first-order valence-electron chi connectivity index (χ1n) is 6.91. The van der Waals surface area contributed by atoms with Gasteiger partial charge in [-0.1, -0.05) is 30.3 Å². The SMILES string of the molecule is CCOc1cccc(C(=O)c2cccc3cccnc23)c1. The highest BCUT2D eigenvalue weighted by atomic mass is 16.5. The van der Waals surface area contributed by atoms with E-state index in [1.54, 1.807) is 18.3 Å². The van der Waals surface area contributed by atoms with Gasteiger partial charge < -0.3 is 4.74 Å². The molecule has 0 N–H and O–H groups in total. The molecular weight excluding hydrogens is 262 g/mol. The lowest BCUT2D eigenvalue weighted by Gasteiger charge is -2.07. The molecule has 0 unspecified atom stereocenters. The normalized spacial score (nSPS) is 10.5. The number of hydrogen-bond acceptors (Lipinski definition) is 3. The van der Waals surface area contributed by atoms with Crippen LogP contribution in [-0.2, 0) is 0 Å². The second kappa shape index (κ2) is 5.75. The third-order valence-corrected chi connectivity index (χ3v) is 3.28. The number of nitrogens with zero attached hydrogens (tertiary/aromatic N) is 1. The minimum Gasteiger partial charge on any atom is -0.494 e. The van der Waals surface area contributed by atoms with Crippen molar-refractivity contribution < 1.29 is 9.53 Å². The maximum absolute atomic E-state index is 12.7. The lowest BCUT2D eigenvalue weighted by molar-refractivity contribution is 0.103. The summed E-state index contributed by atoms with van der Waals surface area (Å²) < 4.78 is 5.45. The molecule has 0 saturated carbocycles. The Morgan fingerprint density at radius 3 is 2.76 bits per heavy atom. The van der Waals surface area contributed by atoms with Gasteiger partial charge in [-0.15, -0.1) is 0 Å². The molecule has 0 aliphatic heterocycles. The van der Waals surface area contributed by atoms with Gasteiger partial charge in [0.2, 0.25) is 0 Å². The highest BCUT2D eigenvalue weighted by Gasteiger charge is 2.13. The van der Waals surface area contributed by atoms with E-state index in [-0.39, 0.29) is 5.78 Å². The number of benzene rings is 2. The number of carbonyl (C=O) groups is 1. The molecule has 3 heteroatoms. The van der Waals surface area contributed by atoms with Crippen LogP contribution in [-0.4, -0.2) is 17.4 Å². The second-order valence-corrected chi connectivity index (χ2v) is 4.67. The summed E-state index contributed by atoms with van der Waals surface area (Å²) in [4.78, 5) is 17.1. The quantitative estimate of drug-likeness (QED) is 0.680. The molecule has 104 valence electrons. The van der Waals surface area contributed by atoms with Gasteiger partial charge in [0, 0.05) is 22.7 Å². The van der Waals surface area contributed by atoms with E-state index in [1.807, 2.05) is 49.4 Å². The second-order valence-electron chi connectivity index (χ2n) is 4.67. The molecule has 3 rings (SSSR count). The van der Waals surface area contributed by atoms with Crippen LogP contribution < -0.4 is 4.74 Å². The first-order chi connectivity index (χ1) is 10.3. The summed E-state index contributed by atoms with van der Waals surface area (Å²) in [7, 11) is 0. The average Bonchev–Trinajstić information content (AvgIpc) is 2.54. The predicted octanol–water partition coefficient (Wildman–Crippen LogP) is 3.86. The molecule has 1 heterocycles. The number of hydrogen-bond donors (Lipinski definition) is 0. The number of para-hydroxylation sites is 1. The fourth-order valence-corrected chi connectivity index (χ4v) is 2.34. The van der Waals surface area contributed by atoms with Crippen molar-refractivity contribution in [3.8, 4) is 5.75 Å². The van der Waals surface area contributed by atoms with E-state index < -0.39 is 0 Å². The van der Waals surface area contributed by atoms with Crippen LogP contribution in [0.5, 0.6) is 5.75 Å². The molecule has 0 radical (unpaired) electrons. The number of ketones is 1. The number of ether oxygens (including phenoxy) is 1. The molecule has 1 aromatic heterocycles. The lowest BCUT2D eigenvalue weighted by Crippen LogP contribution is -2.03. The van der Waals surface area contributed by atoms with Gasteiger partial charge in [-0.2, -0.15) is 0 Å². The van der Waals surface area contributed by atoms with E-state index in [4.69, 9.17) is 4.74 Å². The molecule has 0 spiro atoms. The minimum absolute atomic E-state index is 0.0409. The maximum Gasteiger partial charge on any atom is 0.195 e. The van der Waals surface area contributed by atoms with Gasteiger partial charge in [0.15, 0.2) is 5.78 Å². The van der Waals surface area contributed by atoms with Gasteiger partial charge in [0.25, 0.3) is 0 Å². The topological polar surface area (TPSA) is 39.2 Å². The predicted molar refractivity (Wildman–Crippen MR) is 82.8 cm³/mol. The Bertz CT molecular complexity index is 791. The van der Waals surface area contributed by atoms with Gasteiger partial charge in [-0.3, -0.25) is 9.78 Å². The lowest BCUT2D eigenvalue weighted by atomic mass is 10.0. The van der Waals surface area contributed by atoms with Crippen molar-refractivity contribution in [1.29, 1.82) is 0 Å². The van der Waals surface area contributed by atoms with Crippen molar-refractivity contribution >= 4 is 16.7 Å². The summed E-state index contributed by atoms with van der Waals surface area (Å²) in [6.45, 7) is 2.50. The van der Waals surface area contributed by atoms with E-state index >= 15 is 0 Å². The summed E-state index contributed by atoms with van der Waals surface area (Å²) in [5.41, 5.74) is 1.95. The molecule has 0 bridgehead atoms. The molecule has 2 aromatic carbocycles. The van der Waals surface area contributed by atoms with Crippen LogP contribution in [0.25, 0.3) is 10.9 Å². The Labute approximate surface area is 123 Å². The van der Waals surface area contributed by atoms with Crippen molar-refractivity contribution in [2.75, 3.05) is 6.61 Å². The van der Waals surface area contributed by atoms with E-state index in [0.717, 1.165) is 10.9 Å². The van der Waals surface area contributed by atoms with E-state index in [9.17, 15) is 4.79 Å². The van der Waals surface area contributed by atoms with Gasteiger partial charge in [0.1, 0.15) is 5.75 Å². The zero-order chi connectivity index (χ0) is 14.7. The van der Waals surface area contributed by atoms with Crippen molar-refractivity contribution in [3.63, 3.8) is 0 Å². The first-order valence-corrected chi connectivity index (χ1v) is 6.91. The summed E-state index contributed by atoms with van der Waals surface area (Å²) in [5, 5.41) is 0.962. The molecule has 0 atom stereocenters. The van der Waals surface area contributed by atoms with Crippen LogP contribution in [0.1, 0.15) is 22.8 Å². The monoisotopic (exact) mass is 277 g/mol. The largest absolute Gasteiger partial charge is 0.494 e. The number of rotatable bonds is 4. The first kappa shape index (κ1) is 13.3. The fourth-order valence-electron chi connectivity index (χ4n) is 2.34. The number of pyridine rings is 1. The molecule has 21 heavy (non-hydrogen) atoms. The standard InChI is InChI=1S/C18H15NO2/c1-2-21-15-9-3-7-14(12-15)18(20)16-10-4-6-13-8-5-11-19-17(13)16/h3-12H,2H2,1H3. The molecule has 3 nitrogen and oxygen atoms in total.